The van der Waals surface area contributed by atoms with Crippen LogP contribution in [0, 0.1) is 5.92 Å². The molecule has 1 aliphatic heterocycles. The molecule has 0 spiro atoms. The fourth-order valence-electron chi connectivity index (χ4n) is 3.03. The van der Waals surface area contributed by atoms with Gasteiger partial charge in [0.1, 0.15) is 17.8 Å². The van der Waals surface area contributed by atoms with E-state index < -0.39 is 0 Å². The molecule has 0 amide bonds. The highest BCUT2D eigenvalue weighted by Gasteiger charge is 2.18. The Morgan fingerprint density at radius 1 is 1.07 bits per heavy atom. The topological polar surface area (TPSA) is 69.6 Å². The molecule has 0 saturated carbocycles. The molecule has 0 aliphatic carbocycles. The van der Waals surface area contributed by atoms with Crippen molar-refractivity contribution in [1.82, 2.24) is 10.2 Å². The first-order valence-corrected chi connectivity index (χ1v) is 10.1. The second-order valence-corrected chi connectivity index (χ2v) is 7.38. The van der Waals surface area contributed by atoms with Gasteiger partial charge in [0.25, 0.3) is 0 Å². The highest BCUT2D eigenvalue weighted by molar-refractivity contribution is 5.74. The Labute approximate surface area is 174 Å². The maximum Gasteiger partial charge on any atom is 0.150 e. The maximum absolute atomic E-state index is 10.0. The van der Waals surface area contributed by atoms with E-state index in [4.69, 9.17) is 5.11 Å². The molecule has 5 heteroatoms. The summed E-state index contributed by atoms with van der Waals surface area (Å²) in [5, 5.41) is 12.0. The number of nitrogens with one attached hydrogen (secondary N) is 1. The first-order chi connectivity index (χ1) is 13.9. The van der Waals surface area contributed by atoms with Crippen molar-refractivity contribution in [3.8, 4) is 5.75 Å². The van der Waals surface area contributed by atoms with Crippen LogP contribution in [0.1, 0.15) is 42.6 Å². The normalized spacial score (nSPS) is 14.0. The molecule has 1 fully saturated rings. The first kappa shape index (κ1) is 24.5. The van der Waals surface area contributed by atoms with Crippen molar-refractivity contribution in [3.63, 3.8) is 0 Å². The highest BCUT2D eigenvalue weighted by atomic mass is 16.3. The van der Waals surface area contributed by atoms with Gasteiger partial charge in [-0.2, -0.15) is 0 Å². The van der Waals surface area contributed by atoms with Crippen LogP contribution in [-0.4, -0.2) is 48.8 Å². The third-order valence-electron chi connectivity index (χ3n) is 4.48. The van der Waals surface area contributed by atoms with Gasteiger partial charge in [0, 0.05) is 12.1 Å². The number of Topliss-reactive ketones (excluding diaryl/α,β-unsaturated/α-hetero) is 1. The van der Waals surface area contributed by atoms with Crippen LogP contribution in [-0.2, 0) is 11.3 Å². The number of rotatable bonds is 5. The fourth-order valence-corrected chi connectivity index (χ4v) is 3.03. The van der Waals surface area contributed by atoms with Crippen LogP contribution in [0.3, 0.4) is 0 Å². The largest absolute Gasteiger partial charge is 0.508 e. The predicted molar refractivity (Wildman–Crippen MR) is 118 cm³/mol. The van der Waals surface area contributed by atoms with E-state index in [0.717, 1.165) is 18.7 Å². The molecule has 2 aromatic rings. The number of hydrogen-bond donors (Lipinski definition) is 2. The van der Waals surface area contributed by atoms with Crippen molar-refractivity contribution < 1.29 is 14.7 Å². The smallest absolute Gasteiger partial charge is 0.150 e. The first-order valence-electron chi connectivity index (χ1n) is 10.1. The average Bonchev–Trinajstić information content (AvgIpc) is 2.71. The Hall–Kier alpha value is -2.50. The zero-order valence-electron chi connectivity index (χ0n) is 17.8. The van der Waals surface area contributed by atoms with Crippen molar-refractivity contribution >= 4 is 12.1 Å². The van der Waals surface area contributed by atoms with Crippen LogP contribution in [0.5, 0.6) is 5.75 Å². The van der Waals surface area contributed by atoms with Crippen molar-refractivity contribution in [3.05, 3.63) is 65.7 Å². The van der Waals surface area contributed by atoms with E-state index in [9.17, 15) is 9.59 Å². The molecular weight excluding hydrogens is 364 g/mol. The van der Waals surface area contributed by atoms with Crippen molar-refractivity contribution in [1.29, 1.82) is 0 Å². The number of likely N-dealkylation sites (tertiary alicyclic amines) is 1. The zero-order valence-corrected chi connectivity index (χ0v) is 17.8. The predicted octanol–water partition coefficient (Wildman–Crippen LogP) is 3.92. The number of ketones is 1. The Bertz CT molecular complexity index is 690. The van der Waals surface area contributed by atoms with E-state index in [2.05, 4.69) is 47.6 Å². The number of aldehydes is 1. The number of phenolic OH excluding ortho intramolecular Hbond substituents is 1. The van der Waals surface area contributed by atoms with Crippen molar-refractivity contribution in [2.24, 2.45) is 5.92 Å². The number of hydrogen-bond acceptors (Lipinski definition) is 5. The lowest BCUT2D eigenvalue weighted by Gasteiger charge is -2.31. The van der Waals surface area contributed by atoms with Gasteiger partial charge < -0.3 is 15.2 Å². The number of benzene rings is 2. The molecule has 1 aliphatic rings. The minimum atomic E-state index is 0.167. The number of phenols is 1. The quantitative estimate of drug-likeness (QED) is 0.747. The van der Waals surface area contributed by atoms with Gasteiger partial charge in [0.05, 0.1) is 0 Å². The lowest BCUT2D eigenvalue weighted by Crippen LogP contribution is -2.36. The van der Waals surface area contributed by atoms with Gasteiger partial charge in [-0.15, -0.1) is 0 Å². The summed E-state index contributed by atoms with van der Waals surface area (Å²) in [5.41, 5.74) is 2.02. The van der Waals surface area contributed by atoms with Gasteiger partial charge in [0.2, 0.25) is 0 Å². The molecule has 158 valence electrons. The van der Waals surface area contributed by atoms with E-state index in [1.807, 2.05) is 0 Å². The zero-order chi connectivity index (χ0) is 21.5. The van der Waals surface area contributed by atoms with Gasteiger partial charge >= 0.3 is 0 Å². The summed E-state index contributed by atoms with van der Waals surface area (Å²) in [4.78, 5) is 22.1. The molecule has 1 saturated heterocycles. The van der Waals surface area contributed by atoms with E-state index in [-0.39, 0.29) is 11.5 Å². The summed E-state index contributed by atoms with van der Waals surface area (Å²) >= 11 is 0. The molecule has 0 radical (unpaired) electrons. The van der Waals surface area contributed by atoms with Crippen LogP contribution >= 0.6 is 0 Å². The Kier molecular flexibility index (Phi) is 12.3. The Morgan fingerprint density at radius 3 is 2.10 bits per heavy atom. The van der Waals surface area contributed by atoms with Crippen molar-refractivity contribution in [2.45, 2.75) is 33.2 Å². The summed E-state index contributed by atoms with van der Waals surface area (Å²) in [5.74, 6) is 1.23. The monoisotopic (exact) mass is 398 g/mol. The molecule has 1 heterocycles. The second-order valence-electron chi connectivity index (χ2n) is 7.38. The SMILES string of the molecule is CC(C)=O.CNCC1CCN(Cc2ccccc2)CC1.O=Cc1ccc(O)cc1. The van der Waals surface area contributed by atoms with E-state index in [1.54, 1.807) is 12.1 Å². The molecule has 0 unspecified atom stereocenters. The van der Waals surface area contributed by atoms with Crippen LogP contribution in [0.15, 0.2) is 54.6 Å². The second kappa shape index (κ2) is 14.5. The molecule has 0 aromatic heterocycles. The fraction of sp³-hybridized carbons (Fsp3) is 0.417. The van der Waals surface area contributed by atoms with Gasteiger partial charge in [-0.05, 0) is 89.1 Å². The number of aromatic hydroxyl groups is 1. The number of nitrogens with zero attached hydrogens (tertiary/aromatic N) is 1. The molecular formula is C24H34N2O3. The molecule has 2 N–H and O–H groups in total. The maximum atomic E-state index is 10.0. The van der Waals surface area contributed by atoms with Gasteiger partial charge in [-0.3, -0.25) is 9.69 Å². The lowest BCUT2D eigenvalue weighted by molar-refractivity contribution is -0.115. The van der Waals surface area contributed by atoms with Crippen LogP contribution < -0.4 is 5.32 Å². The molecule has 5 nitrogen and oxygen atoms in total. The van der Waals surface area contributed by atoms with Crippen LogP contribution in [0.25, 0.3) is 0 Å². The summed E-state index contributed by atoms with van der Waals surface area (Å²) in [6.07, 6.45) is 3.42. The lowest BCUT2D eigenvalue weighted by atomic mass is 9.96. The summed E-state index contributed by atoms with van der Waals surface area (Å²) in [6.45, 7) is 7.86. The van der Waals surface area contributed by atoms with Gasteiger partial charge in [-0.1, -0.05) is 30.3 Å². The summed E-state index contributed by atoms with van der Waals surface area (Å²) < 4.78 is 0. The average molecular weight is 399 g/mol. The number of piperidine rings is 1. The summed E-state index contributed by atoms with van der Waals surface area (Å²) in [6, 6.07) is 16.9. The van der Waals surface area contributed by atoms with E-state index in [1.165, 1.54) is 64.0 Å². The third-order valence-corrected chi connectivity index (χ3v) is 4.48. The molecule has 2 aromatic carbocycles. The molecule has 3 rings (SSSR count). The van der Waals surface area contributed by atoms with Gasteiger partial charge in [-0.25, -0.2) is 0 Å². The third kappa shape index (κ3) is 11.8. The standard InChI is InChI=1S/C14H22N2.C7H6O2.C3H6O/c1-15-11-13-7-9-16(10-8-13)12-14-5-3-2-4-6-14;8-5-6-1-3-7(9)4-2-6;1-3(2)4/h2-6,13,15H,7-12H2,1H3;1-5,9H;1-2H3. The number of carbonyl (C=O) groups excluding carboxylic acids is 2. The van der Waals surface area contributed by atoms with E-state index in [0.29, 0.717) is 5.56 Å². The Morgan fingerprint density at radius 2 is 1.62 bits per heavy atom. The minimum Gasteiger partial charge on any atom is -0.508 e. The molecule has 0 atom stereocenters. The highest BCUT2D eigenvalue weighted by Crippen LogP contribution is 2.18. The molecule has 29 heavy (non-hydrogen) atoms. The Balaban J connectivity index is 0.000000272. The molecule has 0 bridgehead atoms. The minimum absolute atomic E-state index is 0.167. The van der Waals surface area contributed by atoms with Gasteiger partial charge in [0.15, 0.2) is 0 Å². The summed E-state index contributed by atoms with van der Waals surface area (Å²) in [7, 11) is 2.05. The van der Waals surface area contributed by atoms with Crippen LogP contribution in [0.4, 0.5) is 0 Å². The van der Waals surface area contributed by atoms with Crippen molar-refractivity contribution in [2.75, 3.05) is 26.7 Å². The van der Waals surface area contributed by atoms with E-state index >= 15 is 0 Å². The number of carbonyl (C=O) groups is 2. The van der Waals surface area contributed by atoms with Crippen LogP contribution in [0.2, 0.25) is 0 Å².